The normalized spacial score (nSPS) is 28.5. The highest BCUT2D eigenvalue weighted by atomic mass is 16.2. The van der Waals surface area contributed by atoms with E-state index in [9.17, 15) is 4.79 Å². The second-order valence-electron chi connectivity index (χ2n) is 5.56. The Balaban J connectivity index is 2.40. The molecule has 3 N–H and O–H groups in total. The van der Waals surface area contributed by atoms with E-state index in [0.29, 0.717) is 6.04 Å². The SMILES string of the molecule is CCC1CCCC(NC(=O)[C@H](N)C(C)CC)C1. The Bertz CT molecular complexity index is 242. The first-order valence-corrected chi connectivity index (χ1v) is 7.14. The van der Waals surface area contributed by atoms with Crippen LogP contribution in [0.1, 0.15) is 59.3 Å². The van der Waals surface area contributed by atoms with Crippen molar-refractivity contribution in [3.63, 3.8) is 0 Å². The van der Waals surface area contributed by atoms with Crippen LogP contribution in [0.3, 0.4) is 0 Å². The molecule has 1 amide bonds. The summed E-state index contributed by atoms with van der Waals surface area (Å²) in [5.74, 6) is 1.09. The van der Waals surface area contributed by atoms with Gasteiger partial charge in [0.2, 0.25) is 5.91 Å². The minimum Gasteiger partial charge on any atom is -0.352 e. The Hall–Kier alpha value is -0.570. The number of hydrogen-bond acceptors (Lipinski definition) is 2. The highest BCUT2D eigenvalue weighted by Gasteiger charge is 2.25. The van der Waals surface area contributed by atoms with Gasteiger partial charge in [0.15, 0.2) is 0 Å². The van der Waals surface area contributed by atoms with Gasteiger partial charge in [0, 0.05) is 6.04 Å². The van der Waals surface area contributed by atoms with Gasteiger partial charge >= 0.3 is 0 Å². The fourth-order valence-corrected chi connectivity index (χ4v) is 2.60. The molecule has 0 saturated heterocycles. The minimum absolute atomic E-state index is 0.0427. The number of hydrogen-bond donors (Lipinski definition) is 2. The fraction of sp³-hybridized carbons (Fsp3) is 0.929. The van der Waals surface area contributed by atoms with Gasteiger partial charge in [0.1, 0.15) is 0 Å². The third kappa shape index (κ3) is 4.30. The maximum Gasteiger partial charge on any atom is 0.237 e. The molecule has 3 nitrogen and oxygen atoms in total. The van der Waals surface area contributed by atoms with Crippen molar-refractivity contribution < 1.29 is 4.79 Å². The van der Waals surface area contributed by atoms with Crippen molar-refractivity contribution in [3.05, 3.63) is 0 Å². The molecule has 0 bridgehead atoms. The van der Waals surface area contributed by atoms with Gasteiger partial charge in [-0.3, -0.25) is 4.79 Å². The molecule has 1 saturated carbocycles. The Morgan fingerprint density at radius 1 is 1.41 bits per heavy atom. The summed E-state index contributed by atoms with van der Waals surface area (Å²) < 4.78 is 0. The zero-order valence-electron chi connectivity index (χ0n) is 11.5. The summed E-state index contributed by atoms with van der Waals surface area (Å²) in [6.07, 6.45) is 6.99. The highest BCUT2D eigenvalue weighted by Crippen LogP contribution is 2.26. The fourth-order valence-electron chi connectivity index (χ4n) is 2.60. The summed E-state index contributed by atoms with van der Waals surface area (Å²) >= 11 is 0. The zero-order chi connectivity index (χ0) is 12.8. The lowest BCUT2D eigenvalue weighted by molar-refractivity contribution is -0.124. The summed E-state index contributed by atoms with van der Waals surface area (Å²) in [6, 6.07) is 0.0123. The second-order valence-corrected chi connectivity index (χ2v) is 5.56. The van der Waals surface area contributed by atoms with Crippen molar-refractivity contribution in [1.29, 1.82) is 0 Å². The maximum atomic E-state index is 12.0. The highest BCUT2D eigenvalue weighted by molar-refractivity contribution is 5.82. The van der Waals surface area contributed by atoms with Gasteiger partial charge in [-0.25, -0.2) is 0 Å². The molecule has 0 aliphatic heterocycles. The molecule has 1 aliphatic carbocycles. The van der Waals surface area contributed by atoms with Crippen LogP contribution in [0.5, 0.6) is 0 Å². The summed E-state index contributed by atoms with van der Waals surface area (Å²) in [6.45, 7) is 6.35. The molecule has 100 valence electrons. The van der Waals surface area contributed by atoms with Crippen LogP contribution >= 0.6 is 0 Å². The largest absolute Gasteiger partial charge is 0.352 e. The van der Waals surface area contributed by atoms with Crippen molar-refractivity contribution in [2.45, 2.75) is 71.4 Å². The summed E-state index contributed by atoms with van der Waals surface area (Å²) in [5, 5.41) is 3.13. The van der Waals surface area contributed by atoms with Gasteiger partial charge in [-0.2, -0.15) is 0 Å². The molecule has 0 radical (unpaired) electrons. The number of nitrogens with two attached hydrogens (primary N) is 1. The van der Waals surface area contributed by atoms with E-state index in [1.165, 1.54) is 19.3 Å². The van der Waals surface area contributed by atoms with E-state index in [1.54, 1.807) is 0 Å². The molecule has 0 aromatic rings. The predicted molar refractivity (Wildman–Crippen MR) is 71.6 cm³/mol. The monoisotopic (exact) mass is 240 g/mol. The molecule has 0 spiro atoms. The van der Waals surface area contributed by atoms with E-state index >= 15 is 0 Å². The van der Waals surface area contributed by atoms with Gasteiger partial charge in [0.05, 0.1) is 6.04 Å². The Morgan fingerprint density at radius 2 is 2.12 bits per heavy atom. The first kappa shape index (κ1) is 14.5. The van der Waals surface area contributed by atoms with Crippen LogP contribution in [0.25, 0.3) is 0 Å². The van der Waals surface area contributed by atoms with Crippen LogP contribution in [0.15, 0.2) is 0 Å². The molecule has 4 atom stereocenters. The number of carbonyl (C=O) groups is 1. The number of carbonyl (C=O) groups excluding carboxylic acids is 1. The molecule has 1 rings (SSSR count). The summed E-state index contributed by atoms with van der Waals surface area (Å²) in [4.78, 5) is 12.0. The van der Waals surface area contributed by atoms with Crippen molar-refractivity contribution in [3.8, 4) is 0 Å². The van der Waals surface area contributed by atoms with Gasteiger partial charge in [-0.15, -0.1) is 0 Å². The molecule has 0 heterocycles. The minimum atomic E-state index is -0.345. The van der Waals surface area contributed by atoms with Crippen molar-refractivity contribution in [2.75, 3.05) is 0 Å². The van der Waals surface area contributed by atoms with Gasteiger partial charge < -0.3 is 11.1 Å². The first-order chi connectivity index (χ1) is 8.08. The quantitative estimate of drug-likeness (QED) is 0.775. The average molecular weight is 240 g/mol. The molecule has 3 heteroatoms. The summed E-state index contributed by atoms with van der Waals surface area (Å²) in [7, 11) is 0. The van der Waals surface area contributed by atoms with E-state index in [2.05, 4.69) is 19.2 Å². The topological polar surface area (TPSA) is 55.1 Å². The molecular weight excluding hydrogens is 212 g/mol. The lowest BCUT2D eigenvalue weighted by Gasteiger charge is -2.30. The zero-order valence-corrected chi connectivity index (χ0v) is 11.5. The van der Waals surface area contributed by atoms with Crippen molar-refractivity contribution in [2.24, 2.45) is 17.6 Å². The standard InChI is InChI=1S/C14H28N2O/c1-4-10(3)13(15)14(17)16-12-8-6-7-11(5-2)9-12/h10-13H,4-9,15H2,1-3H3,(H,16,17)/t10?,11?,12?,13-/m1/s1. The van der Waals surface area contributed by atoms with Crippen LogP contribution < -0.4 is 11.1 Å². The van der Waals surface area contributed by atoms with E-state index in [0.717, 1.165) is 25.2 Å². The van der Waals surface area contributed by atoms with Crippen molar-refractivity contribution >= 4 is 5.91 Å². The van der Waals surface area contributed by atoms with Crippen LogP contribution in [0, 0.1) is 11.8 Å². The van der Waals surface area contributed by atoms with E-state index in [4.69, 9.17) is 5.73 Å². The molecule has 0 aromatic heterocycles. The first-order valence-electron chi connectivity index (χ1n) is 7.14. The Morgan fingerprint density at radius 3 is 2.71 bits per heavy atom. The lowest BCUT2D eigenvalue weighted by Crippen LogP contribution is -2.49. The Kier molecular flexibility index (Phi) is 5.96. The predicted octanol–water partition coefficient (Wildman–Crippen LogP) is 2.44. The third-order valence-electron chi connectivity index (χ3n) is 4.27. The van der Waals surface area contributed by atoms with Crippen LogP contribution in [0.2, 0.25) is 0 Å². The molecule has 3 unspecified atom stereocenters. The van der Waals surface area contributed by atoms with Crippen LogP contribution in [0.4, 0.5) is 0 Å². The van der Waals surface area contributed by atoms with Gasteiger partial charge in [-0.05, 0) is 24.7 Å². The number of nitrogens with one attached hydrogen (secondary N) is 1. The van der Waals surface area contributed by atoms with Crippen LogP contribution in [-0.2, 0) is 4.79 Å². The van der Waals surface area contributed by atoms with Crippen molar-refractivity contribution in [1.82, 2.24) is 5.32 Å². The van der Waals surface area contributed by atoms with Crippen LogP contribution in [-0.4, -0.2) is 18.0 Å². The molecule has 0 aromatic carbocycles. The molecule has 1 fully saturated rings. The summed E-state index contributed by atoms with van der Waals surface area (Å²) in [5.41, 5.74) is 5.94. The number of amides is 1. The van der Waals surface area contributed by atoms with Gasteiger partial charge in [0.25, 0.3) is 0 Å². The van der Waals surface area contributed by atoms with E-state index in [1.807, 2.05) is 6.92 Å². The average Bonchev–Trinajstić information content (AvgIpc) is 2.37. The third-order valence-corrected chi connectivity index (χ3v) is 4.27. The van der Waals surface area contributed by atoms with Gasteiger partial charge in [-0.1, -0.05) is 46.5 Å². The Labute approximate surface area is 106 Å². The number of rotatable bonds is 5. The molecule has 1 aliphatic rings. The van der Waals surface area contributed by atoms with E-state index < -0.39 is 0 Å². The lowest BCUT2D eigenvalue weighted by atomic mass is 9.84. The molecule has 17 heavy (non-hydrogen) atoms. The second kappa shape index (κ2) is 7.00. The smallest absolute Gasteiger partial charge is 0.237 e. The maximum absolute atomic E-state index is 12.0. The van der Waals surface area contributed by atoms with E-state index in [-0.39, 0.29) is 17.9 Å². The molecular formula is C14H28N2O.